The molecule has 0 bridgehead atoms. The van der Waals surface area contributed by atoms with Crippen molar-refractivity contribution in [3.05, 3.63) is 58.9 Å². The first-order valence-electron chi connectivity index (χ1n) is 7.43. The Balaban J connectivity index is 1.75. The Morgan fingerprint density at radius 1 is 1.15 bits per heavy atom. The second-order valence-electron chi connectivity index (χ2n) is 5.36. The van der Waals surface area contributed by atoms with Gasteiger partial charge in [-0.15, -0.1) is 10.2 Å². The number of halogens is 5. The molecule has 0 aliphatic rings. The van der Waals surface area contributed by atoms with Crippen LogP contribution < -0.4 is 5.32 Å². The molecule has 3 aromatic rings. The molecule has 0 fully saturated rings. The van der Waals surface area contributed by atoms with E-state index in [1.54, 1.807) is 0 Å². The maximum absolute atomic E-state index is 13.0. The summed E-state index contributed by atoms with van der Waals surface area (Å²) in [6.45, 7) is -0.489. The van der Waals surface area contributed by atoms with Gasteiger partial charge in [-0.3, -0.25) is 4.79 Å². The van der Waals surface area contributed by atoms with Crippen LogP contribution in [0.3, 0.4) is 0 Å². The summed E-state index contributed by atoms with van der Waals surface area (Å²) in [4.78, 5) is 13.0. The molecule has 0 saturated carbocycles. The number of nitrogens with one attached hydrogen (secondary N) is 1. The molecule has 0 aliphatic carbocycles. The third-order valence-electron chi connectivity index (χ3n) is 3.42. The maximum atomic E-state index is 13.0. The van der Waals surface area contributed by atoms with Crippen molar-refractivity contribution in [1.82, 2.24) is 20.2 Å². The topological polar surface area (TPSA) is 72.7 Å². The van der Waals surface area contributed by atoms with E-state index >= 15 is 0 Å². The number of aromatic nitrogens is 4. The zero-order valence-corrected chi connectivity index (χ0v) is 14.1. The molecule has 2 aromatic carbocycles. The molecular weight excluding hydrogens is 390 g/mol. The molecular formula is C16H10ClF4N5O. The summed E-state index contributed by atoms with van der Waals surface area (Å²) in [5, 5.41) is 13.2. The van der Waals surface area contributed by atoms with Gasteiger partial charge in [0.25, 0.3) is 0 Å². The molecule has 1 aromatic heterocycles. The van der Waals surface area contributed by atoms with Crippen LogP contribution in [0.2, 0.25) is 5.02 Å². The van der Waals surface area contributed by atoms with Gasteiger partial charge < -0.3 is 5.32 Å². The van der Waals surface area contributed by atoms with Crippen molar-refractivity contribution in [2.24, 2.45) is 0 Å². The quantitative estimate of drug-likeness (QED) is 0.677. The van der Waals surface area contributed by atoms with E-state index < -0.39 is 35.7 Å². The summed E-state index contributed by atoms with van der Waals surface area (Å²) in [7, 11) is 0. The Kier molecular flexibility index (Phi) is 5.08. The average molecular weight is 400 g/mol. The van der Waals surface area contributed by atoms with Crippen LogP contribution in [0, 0.1) is 5.82 Å². The lowest BCUT2D eigenvalue weighted by atomic mass is 10.1. The molecule has 140 valence electrons. The first kappa shape index (κ1) is 18.8. The number of carbonyl (C=O) groups excluding carboxylic acids is 1. The van der Waals surface area contributed by atoms with Gasteiger partial charge in [-0.1, -0.05) is 17.7 Å². The highest BCUT2D eigenvalue weighted by Gasteiger charge is 2.34. The van der Waals surface area contributed by atoms with E-state index in [0.717, 1.165) is 16.9 Å². The lowest BCUT2D eigenvalue weighted by Gasteiger charge is -2.14. The number of nitrogens with zero attached hydrogens (tertiary/aromatic N) is 4. The second-order valence-corrected chi connectivity index (χ2v) is 5.77. The minimum absolute atomic E-state index is 0.136. The lowest BCUT2D eigenvalue weighted by Crippen LogP contribution is -2.22. The molecule has 27 heavy (non-hydrogen) atoms. The summed E-state index contributed by atoms with van der Waals surface area (Å²) in [5.74, 6) is -1.13. The fourth-order valence-electron chi connectivity index (χ4n) is 2.22. The van der Waals surface area contributed by atoms with Gasteiger partial charge in [0.15, 0.2) is 0 Å². The molecule has 0 spiro atoms. The molecule has 6 nitrogen and oxygen atoms in total. The first-order chi connectivity index (χ1) is 12.7. The largest absolute Gasteiger partial charge is 0.418 e. The van der Waals surface area contributed by atoms with Crippen LogP contribution in [0.1, 0.15) is 5.56 Å². The monoisotopic (exact) mass is 399 g/mol. The number of hydrogen-bond donors (Lipinski definition) is 1. The molecule has 1 heterocycles. The number of benzene rings is 2. The number of hydrogen-bond acceptors (Lipinski definition) is 4. The number of para-hydroxylation sites is 1. The molecule has 0 saturated heterocycles. The van der Waals surface area contributed by atoms with Crippen molar-refractivity contribution in [3.8, 4) is 11.4 Å². The summed E-state index contributed by atoms with van der Waals surface area (Å²) >= 11 is 5.78. The van der Waals surface area contributed by atoms with Crippen LogP contribution in [-0.2, 0) is 17.5 Å². The van der Waals surface area contributed by atoms with E-state index in [1.165, 1.54) is 30.3 Å². The normalized spacial score (nSPS) is 11.4. The maximum Gasteiger partial charge on any atom is 0.418 e. The molecule has 0 unspecified atom stereocenters. The molecule has 1 N–H and O–H groups in total. The molecule has 0 aliphatic heterocycles. The van der Waals surface area contributed by atoms with E-state index in [2.05, 4.69) is 20.7 Å². The number of alkyl halides is 3. The SMILES string of the molecule is O=C(Cn1nnc(-c2ccc(F)cc2)n1)Nc1c(Cl)cccc1C(F)(F)F. The van der Waals surface area contributed by atoms with E-state index in [9.17, 15) is 22.4 Å². The summed E-state index contributed by atoms with van der Waals surface area (Å²) in [5.41, 5.74) is -1.15. The number of carbonyl (C=O) groups is 1. The standard InChI is InChI=1S/C16H10ClF4N5O/c17-12-3-1-2-11(16(19,20)21)14(12)22-13(27)8-26-24-15(23-25-26)9-4-6-10(18)7-5-9/h1-7H,8H2,(H,22,27). The number of rotatable bonds is 4. The van der Waals surface area contributed by atoms with Gasteiger partial charge in [0.1, 0.15) is 12.4 Å². The van der Waals surface area contributed by atoms with Crippen LogP contribution in [0.25, 0.3) is 11.4 Å². The fraction of sp³-hybridized carbons (Fsp3) is 0.125. The van der Waals surface area contributed by atoms with E-state index in [1.807, 2.05) is 0 Å². The highest BCUT2D eigenvalue weighted by Crippen LogP contribution is 2.38. The van der Waals surface area contributed by atoms with Crippen LogP contribution >= 0.6 is 11.6 Å². The molecule has 0 radical (unpaired) electrons. The summed E-state index contributed by atoms with van der Waals surface area (Å²) < 4.78 is 52.1. The van der Waals surface area contributed by atoms with Gasteiger partial charge in [-0.25, -0.2) is 4.39 Å². The first-order valence-corrected chi connectivity index (χ1v) is 7.81. The van der Waals surface area contributed by atoms with Crippen LogP contribution in [0.5, 0.6) is 0 Å². The number of amides is 1. The molecule has 11 heteroatoms. The van der Waals surface area contributed by atoms with Gasteiger partial charge in [0.05, 0.1) is 16.3 Å². The van der Waals surface area contributed by atoms with E-state index in [4.69, 9.17) is 11.6 Å². The van der Waals surface area contributed by atoms with Crippen LogP contribution in [0.4, 0.5) is 23.2 Å². The molecule has 0 atom stereocenters. The summed E-state index contributed by atoms with van der Waals surface area (Å²) in [6, 6.07) is 8.44. The second kappa shape index (κ2) is 7.31. The predicted octanol–water partition coefficient (Wildman–Crippen LogP) is 3.79. The minimum atomic E-state index is -4.69. The van der Waals surface area contributed by atoms with Gasteiger partial charge in [0.2, 0.25) is 11.7 Å². The highest BCUT2D eigenvalue weighted by atomic mass is 35.5. The third kappa shape index (κ3) is 4.40. The third-order valence-corrected chi connectivity index (χ3v) is 3.74. The minimum Gasteiger partial charge on any atom is -0.323 e. The smallest absolute Gasteiger partial charge is 0.323 e. The van der Waals surface area contributed by atoms with Crippen molar-refractivity contribution in [2.45, 2.75) is 12.7 Å². The summed E-state index contributed by atoms with van der Waals surface area (Å²) in [6.07, 6.45) is -4.69. The van der Waals surface area contributed by atoms with Crippen molar-refractivity contribution < 1.29 is 22.4 Å². The molecule has 3 rings (SSSR count). The van der Waals surface area contributed by atoms with Gasteiger partial charge in [0, 0.05) is 5.56 Å². The van der Waals surface area contributed by atoms with E-state index in [-0.39, 0.29) is 10.8 Å². The zero-order valence-electron chi connectivity index (χ0n) is 13.3. The Morgan fingerprint density at radius 3 is 2.52 bits per heavy atom. The Morgan fingerprint density at radius 2 is 1.85 bits per heavy atom. The van der Waals surface area contributed by atoms with Gasteiger partial charge >= 0.3 is 6.18 Å². The Labute approximate surface area is 154 Å². The number of tetrazole rings is 1. The van der Waals surface area contributed by atoms with E-state index in [0.29, 0.717) is 5.56 Å². The Hall–Kier alpha value is -3.01. The lowest BCUT2D eigenvalue weighted by molar-refractivity contribution is -0.137. The fourth-order valence-corrected chi connectivity index (χ4v) is 2.44. The molecule has 1 amide bonds. The van der Waals surface area contributed by atoms with Crippen LogP contribution in [0.15, 0.2) is 42.5 Å². The van der Waals surface area contributed by atoms with Gasteiger partial charge in [-0.2, -0.15) is 18.0 Å². The van der Waals surface area contributed by atoms with Gasteiger partial charge in [-0.05, 0) is 41.6 Å². The van der Waals surface area contributed by atoms with Crippen LogP contribution in [-0.4, -0.2) is 26.1 Å². The zero-order chi connectivity index (χ0) is 19.6. The average Bonchev–Trinajstić information content (AvgIpc) is 3.04. The van der Waals surface area contributed by atoms with Crippen molar-refractivity contribution in [1.29, 1.82) is 0 Å². The number of anilines is 1. The predicted molar refractivity (Wildman–Crippen MR) is 88.3 cm³/mol. The van der Waals surface area contributed by atoms with Crippen molar-refractivity contribution in [2.75, 3.05) is 5.32 Å². The van der Waals surface area contributed by atoms with Crippen molar-refractivity contribution >= 4 is 23.2 Å². The Bertz CT molecular complexity index is 972. The van der Waals surface area contributed by atoms with Crippen molar-refractivity contribution in [3.63, 3.8) is 0 Å². The highest BCUT2D eigenvalue weighted by molar-refractivity contribution is 6.34.